The Kier molecular flexibility index (Phi) is 3.93. The molecule has 4 heteroatoms. The lowest BCUT2D eigenvalue weighted by atomic mass is 9.75. The average molecular weight is 380 g/mol. The number of benzene rings is 1. The van der Waals surface area contributed by atoms with Gasteiger partial charge in [-0.1, -0.05) is 37.3 Å². The van der Waals surface area contributed by atoms with E-state index < -0.39 is 11.8 Å². The van der Waals surface area contributed by atoms with E-state index in [9.17, 15) is 10.5 Å². The first-order valence-corrected chi connectivity index (χ1v) is 10.5. The Bertz CT molecular complexity index is 1250. The fourth-order valence-electron chi connectivity index (χ4n) is 5.64. The van der Waals surface area contributed by atoms with Gasteiger partial charge in [0.15, 0.2) is 0 Å². The summed E-state index contributed by atoms with van der Waals surface area (Å²) in [6.07, 6.45) is 6.24. The number of hydrogen-bond acceptors (Lipinski definition) is 2. The Labute approximate surface area is 171 Å². The van der Waals surface area contributed by atoms with Gasteiger partial charge in [0.05, 0.1) is 35.4 Å². The largest absolute Gasteiger partial charge is 0.343 e. The number of rotatable bonds is 2. The molecule has 0 bridgehead atoms. The standard InChI is InChI=1S/C25H24N4/c1-4-8-17-15(3)28-12-11-16(5-2)29-21-10-7-6-9-18(21)23-20(14-27)19(13-26)22(17)24(28)25(23)29/h4,6-10,16,19-20H,5,11-12H2,1-3H3/b8-4-/t16-,19?,20?/m0/s1. The Morgan fingerprint density at radius 3 is 2.52 bits per heavy atom. The van der Waals surface area contributed by atoms with Crippen molar-refractivity contribution in [1.29, 1.82) is 10.5 Å². The van der Waals surface area contributed by atoms with Gasteiger partial charge in [-0.25, -0.2) is 0 Å². The first-order chi connectivity index (χ1) is 14.2. The minimum atomic E-state index is -0.455. The minimum Gasteiger partial charge on any atom is -0.343 e. The lowest BCUT2D eigenvalue weighted by molar-refractivity contribution is 0.447. The third-order valence-electron chi connectivity index (χ3n) is 6.87. The third kappa shape index (κ3) is 2.12. The van der Waals surface area contributed by atoms with E-state index >= 15 is 0 Å². The number of nitriles is 2. The van der Waals surface area contributed by atoms with Crippen molar-refractivity contribution in [3.05, 3.63) is 52.7 Å². The molecule has 1 aliphatic heterocycles. The molecular weight excluding hydrogens is 356 g/mol. The SMILES string of the molecule is C/C=C\c1c2c3n(c1C)CC[C@H](CC)n1c-3c(c3ccccc31)C(C#N)C2C#N. The lowest BCUT2D eigenvalue weighted by Gasteiger charge is -2.26. The maximum Gasteiger partial charge on any atom is 0.0940 e. The van der Waals surface area contributed by atoms with Crippen molar-refractivity contribution in [3.63, 3.8) is 0 Å². The van der Waals surface area contributed by atoms with Gasteiger partial charge in [0.1, 0.15) is 0 Å². The summed E-state index contributed by atoms with van der Waals surface area (Å²) >= 11 is 0. The normalized spacial score (nSPS) is 22.3. The molecule has 5 rings (SSSR count). The Morgan fingerprint density at radius 1 is 1.10 bits per heavy atom. The van der Waals surface area contributed by atoms with Crippen molar-refractivity contribution in [2.45, 2.75) is 58.0 Å². The van der Waals surface area contributed by atoms with Crippen LogP contribution in [0.2, 0.25) is 0 Å². The molecule has 0 fully saturated rings. The summed E-state index contributed by atoms with van der Waals surface area (Å²) in [5.41, 5.74) is 7.93. The number of fused-ring (bicyclic) bond motifs is 3. The van der Waals surface area contributed by atoms with Gasteiger partial charge in [-0.15, -0.1) is 0 Å². The third-order valence-corrected chi connectivity index (χ3v) is 6.87. The van der Waals surface area contributed by atoms with E-state index in [1.54, 1.807) is 0 Å². The molecule has 1 aliphatic carbocycles. The molecule has 2 aromatic heterocycles. The lowest BCUT2D eigenvalue weighted by Crippen LogP contribution is -2.17. The van der Waals surface area contributed by atoms with Crippen molar-refractivity contribution in [1.82, 2.24) is 9.13 Å². The molecule has 0 radical (unpaired) electrons. The maximum absolute atomic E-state index is 10.2. The van der Waals surface area contributed by atoms with Crippen LogP contribution in [0.25, 0.3) is 28.4 Å². The predicted octanol–water partition coefficient (Wildman–Crippen LogP) is 6.03. The molecule has 4 nitrogen and oxygen atoms in total. The minimum absolute atomic E-state index is 0.388. The first kappa shape index (κ1) is 17.8. The van der Waals surface area contributed by atoms with Crippen LogP contribution in [0.1, 0.15) is 67.0 Å². The van der Waals surface area contributed by atoms with Crippen LogP contribution in [-0.4, -0.2) is 9.13 Å². The fourth-order valence-corrected chi connectivity index (χ4v) is 5.64. The molecule has 144 valence electrons. The van der Waals surface area contributed by atoms with Crippen LogP contribution >= 0.6 is 0 Å². The second-order valence-corrected chi connectivity index (χ2v) is 8.13. The van der Waals surface area contributed by atoms with E-state index in [2.05, 4.69) is 59.4 Å². The number of para-hydroxylation sites is 1. The van der Waals surface area contributed by atoms with Gasteiger partial charge in [-0.3, -0.25) is 0 Å². The van der Waals surface area contributed by atoms with Crippen LogP contribution in [0.3, 0.4) is 0 Å². The van der Waals surface area contributed by atoms with Gasteiger partial charge in [0.2, 0.25) is 0 Å². The second kappa shape index (κ2) is 6.39. The van der Waals surface area contributed by atoms with Crippen LogP contribution in [0.5, 0.6) is 0 Å². The van der Waals surface area contributed by atoms with Gasteiger partial charge in [0, 0.05) is 45.9 Å². The molecule has 3 aromatic rings. The molecule has 0 saturated heterocycles. The highest BCUT2D eigenvalue weighted by atomic mass is 15.1. The second-order valence-electron chi connectivity index (χ2n) is 8.13. The summed E-state index contributed by atoms with van der Waals surface area (Å²) in [5, 5.41) is 21.5. The number of aromatic nitrogens is 2. The molecule has 2 aliphatic rings. The Hall–Kier alpha value is -3.24. The van der Waals surface area contributed by atoms with Gasteiger partial charge in [-0.05, 0) is 32.8 Å². The van der Waals surface area contributed by atoms with Crippen LogP contribution in [0.4, 0.5) is 0 Å². The van der Waals surface area contributed by atoms with E-state index in [-0.39, 0.29) is 0 Å². The highest BCUT2D eigenvalue weighted by Crippen LogP contribution is 2.55. The van der Waals surface area contributed by atoms with Crippen LogP contribution < -0.4 is 0 Å². The number of nitrogens with zero attached hydrogens (tertiary/aromatic N) is 4. The number of hydrogen-bond donors (Lipinski definition) is 0. The average Bonchev–Trinajstić information content (AvgIpc) is 3.14. The molecule has 0 spiro atoms. The maximum atomic E-state index is 10.2. The molecule has 0 N–H and O–H groups in total. The molecule has 2 unspecified atom stereocenters. The molecule has 1 aromatic carbocycles. The Balaban J connectivity index is 2.04. The summed E-state index contributed by atoms with van der Waals surface area (Å²) in [6, 6.07) is 13.8. The van der Waals surface area contributed by atoms with Gasteiger partial charge in [0.25, 0.3) is 0 Å². The van der Waals surface area contributed by atoms with Crippen molar-refractivity contribution in [3.8, 4) is 23.5 Å². The summed E-state index contributed by atoms with van der Waals surface area (Å²) in [4.78, 5) is 0. The zero-order chi connectivity index (χ0) is 20.3. The number of allylic oxidation sites excluding steroid dienone is 1. The quantitative estimate of drug-likeness (QED) is 0.544. The molecule has 0 saturated carbocycles. The van der Waals surface area contributed by atoms with Crippen molar-refractivity contribution in [2.75, 3.05) is 0 Å². The molecule has 3 atom stereocenters. The van der Waals surface area contributed by atoms with Crippen molar-refractivity contribution < 1.29 is 0 Å². The van der Waals surface area contributed by atoms with Crippen molar-refractivity contribution >= 4 is 17.0 Å². The molecule has 3 heterocycles. The van der Waals surface area contributed by atoms with Crippen molar-refractivity contribution in [2.24, 2.45) is 0 Å². The molecular formula is C25H24N4. The summed E-state index contributed by atoms with van der Waals surface area (Å²) in [5.74, 6) is -0.908. The van der Waals surface area contributed by atoms with Gasteiger partial charge < -0.3 is 9.13 Å². The first-order valence-electron chi connectivity index (χ1n) is 10.5. The Morgan fingerprint density at radius 2 is 1.83 bits per heavy atom. The summed E-state index contributed by atoms with van der Waals surface area (Å²) in [6.45, 7) is 7.35. The molecule has 0 amide bonds. The monoisotopic (exact) mass is 380 g/mol. The fraction of sp³-hybridized carbons (Fsp3) is 0.360. The summed E-state index contributed by atoms with van der Waals surface area (Å²) in [7, 11) is 0. The van der Waals surface area contributed by atoms with E-state index in [1.807, 2.05) is 19.1 Å². The summed E-state index contributed by atoms with van der Waals surface area (Å²) < 4.78 is 4.89. The topological polar surface area (TPSA) is 57.4 Å². The van der Waals surface area contributed by atoms with Gasteiger partial charge in [-0.2, -0.15) is 10.5 Å². The molecule has 29 heavy (non-hydrogen) atoms. The predicted molar refractivity (Wildman–Crippen MR) is 115 cm³/mol. The van der Waals surface area contributed by atoms with Gasteiger partial charge >= 0.3 is 0 Å². The van der Waals surface area contributed by atoms with E-state index in [0.29, 0.717) is 6.04 Å². The highest BCUT2D eigenvalue weighted by molar-refractivity contribution is 5.96. The van der Waals surface area contributed by atoms with Crippen LogP contribution in [0, 0.1) is 29.6 Å². The highest BCUT2D eigenvalue weighted by Gasteiger charge is 2.44. The zero-order valence-electron chi connectivity index (χ0n) is 17.1. The smallest absolute Gasteiger partial charge is 0.0940 e. The van der Waals surface area contributed by atoms with Crippen LogP contribution in [0.15, 0.2) is 30.3 Å². The van der Waals surface area contributed by atoms with E-state index in [0.717, 1.165) is 47.2 Å². The van der Waals surface area contributed by atoms with E-state index in [1.165, 1.54) is 16.9 Å². The zero-order valence-corrected chi connectivity index (χ0v) is 17.1. The van der Waals surface area contributed by atoms with E-state index in [4.69, 9.17) is 0 Å². The van der Waals surface area contributed by atoms with Crippen LogP contribution in [-0.2, 0) is 6.54 Å².